The van der Waals surface area contributed by atoms with E-state index in [-0.39, 0.29) is 29.7 Å². The summed E-state index contributed by atoms with van der Waals surface area (Å²) in [6.45, 7) is 6.30. The molecular formula is C29H38BrN3O2. The number of rotatable bonds is 4. The van der Waals surface area contributed by atoms with Crippen molar-refractivity contribution in [2.24, 2.45) is 11.8 Å². The van der Waals surface area contributed by atoms with E-state index >= 15 is 0 Å². The minimum Gasteiger partial charge on any atom is -0.343 e. The van der Waals surface area contributed by atoms with Gasteiger partial charge < -0.3 is 4.90 Å². The highest BCUT2D eigenvalue weighted by atomic mass is 79.9. The molecule has 1 aliphatic heterocycles. The van der Waals surface area contributed by atoms with Crippen molar-refractivity contribution in [1.82, 2.24) is 14.4 Å². The van der Waals surface area contributed by atoms with Crippen LogP contribution in [-0.2, 0) is 11.2 Å². The predicted octanol–water partition coefficient (Wildman–Crippen LogP) is 6.14. The molecule has 5 nitrogen and oxygen atoms in total. The Morgan fingerprint density at radius 3 is 2.43 bits per heavy atom. The molecule has 0 spiro atoms. The van der Waals surface area contributed by atoms with E-state index in [1.54, 1.807) is 0 Å². The van der Waals surface area contributed by atoms with Crippen LogP contribution in [0.4, 0.5) is 0 Å². The van der Waals surface area contributed by atoms with E-state index in [1.165, 1.54) is 41.3 Å². The monoisotopic (exact) mass is 539 g/mol. The van der Waals surface area contributed by atoms with Crippen LogP contribution in [0.5, 0.6) is 0 Å². The first-order valence-electron chi connectivity index (χ1n) is 13.5. The molecule has 188 valence electrons. The Labute approximate surface area is 217 Å². The van der Waals surface area contributed by atoms with Crippen LogP contribution in [-0.4, -0.2) is 58.9 Å². The number of carbonyl (C=O) groups is 2. The lowest BCUT2D eigenvalue weighted by atomic mass is 9.79. The van der Waals surface area contributed by atoms with Crippen LogP contribution >= 0.6 is 15.9 Å². The molecule has 1 amide bonds. The second-order valence-electron chi connectivity index (χ2n) is 10.6. The fourth-order valence-corrected chi connectivity index (χ4v) is 7.34. The number of amides is 1. The van der Waals surface area contributed by atoms with Crippen molar-refractivity contribution in [3.63, 3.8) is 0 Å². The lowest BCUT2D eigenvalue weighted by molar-refractivity contribution is -0.134. The zero-order valence-corrected chi connectivity index (χ0v) is 22.9. The standard InChI is InChI=1S/C29H38BrN3O2/c1-4-32(5-2)28(34)20-16-22-21-14-11-15-24-26(21)23(17-25(22)31(3)18-20)27(30)33(24)29(35)19-12-9-7-6-8-10-13-19/h11,14-16,19-20,25H,4-10,12-13,17-18H2,1-3H3/t20-,25-/m1/s1. The zero-order chi connectivity index (χ0) is 24.7. The Morgan fingerprint density at radius 1 is 1.06 bits per heavy atom. The van der Waals surface area contributed by atoms with Gasteiger partial charge in [0.1, 0.15) is 0 Å². The Kier molecular flexibility index (Phi) is 7.23. The Bertz CT molecular complexity index is 1150. The average Bonchev–Trinajstić information content (AvgIpc) is 3.12. The molecule has 35 heavy (non-hydrogen) atoms. The highest BCUT2D eigenvalue weighted by Gasteiger charge is 2.39. The molecule has 2 atom stereocenters. The van der Waals surface area contributed by atoms with Crippen LogP contribution in [0.15, 0.2) is 28.9 Å². The highest BCUT2D eigenvalue weighted by Crippen LogP contribution is 2.45. The van der Waals surface area contributed by atoms with Crippen LogP contribution < -0.4 is 0 Å². The molecular weight excluding hydrogens is 502 g/mol. The summed E-state index contributed by atoms with van der Waals surface area (Å²) in [6.07, 6.45) is 11.1. The van der Waals surface area contributed by atoms with Gasteiger partial charge in [0.05, 0.1) is 16.0 Å². The van der Waals surface area contributed by atoms with Gasteiger partial charge in [0.15, 0.2) is 0 Å². The van der Waals surface area contributed by atoms with Crippen molar-refractivity contribution >= 4 is 44.2 Å². The number of fused-ring (bicyclic) bond motifs is 2. The minimum atomic E-state index is -0.134. The SMILES string of the molecule is CCN(CC)C(=O)[C@@H]1C=C2c3cccc4c3c(c(Br)n4C(=O)C3CCCCCCC3)C[C@H]2N(C)C1. The largest absolute Gasteiger partial charge is 0.343 e. The maximum atomic E-state index is 13.9. The topological polar surface area (TPSA) is 45.6 Å². The molecule has 0 N–H and O–H groups in total. The Hall–Kier alpha value is -1.92. The van der Waals surface area contributed by atoms with Gasteiger partial charge in [0, 0.05) is 37.0 Å². The van der Waals surface area contributed by atoms with Crippen molar-refractivity contribution in [3.8, 4) is 0 Å². The fourth-order valence-electron chi connectivity index (χ4n) is 6.62. The molecule has 5 rings (SSSR count). The van der Waals surface area contributed by atoms with E-state index < -0.39 is 0 Å². The summed E-state index contributed by atoms with van der Waals surface area (Å²) in [4.78, 5) is 31.4. The van der Waals surface area contributed by atoms with Crippen LogP contribution in [0.25, 0.3) is 16.5 Å². The maximum Gasteiger partial charge on any atom is 0.235 e. The van der Waals surface area contributed by atoms with Crippen LogP contribution in [0.3, 0.4) is 0 Å². The number of halogens is 1. The lowest BCUT2D eigenvalue weighted by Crippen LogP contribution is -2.47. The number of nitrogens with zero attached hydrogens (tertiary/aromatic N) is 3. The highest BCUT2D eigenvalue weighted by molar-refractivity contribution is 9.10. The number of hydrogen-bond acceptors (Lipinski definition) is 3. The summed E-state index contributed by atoms with van der Waals surface area (Å²) < 4.78 is 2.90. The van der Waals surface area contributed by atoms with Crippen molar-refractivity contribution < 1.29 is 9.59 Å². The quantitative estimate of drug-likeness (QED) is 0.468. The molecule has 1 aromatic carbocycles. The maximum absolute atomic E-state index is 13.9. The average molecular weight is 541 g/mol. The first kappa shape index (κ1) is 24.8. The fraction of sp³-hybridized carbons (Fsp3) is 0.586. The van der Waals surface area contributed by atoms with Gasteiger partial charge in [0.25, 0.3) is 0 Å². The third kappa shape index (κ3) is 4.31. The Morgan fingerprint density at radius 2 is 1.74 bits per heavy atom. The van der Waals surface area contributed by atoms with Gasteiger partial charge >= 0.3 is 0 Å². The van der Waals surface area contributed by atoms with E-state index in [9.17, 15) is 9.59 Å². The van der Waals surface area contributed by atoms with Crippen molar-refractivity contribution in [2.75, 3.05) is 26.7 Å². The van der Waals surface area contributed by atoms with E-state index in [2.05, 4.69) is 52.2 Å². The van der Waals surface area contributed by atoms with E-state index in [4.69, 9.17) is 0 Å². The number of likely N-dealkylation sites (N-methyl/N-ethyl adjacent to an activating group) is 1. The van der Waals surface area contributed by atoms with Gasteiger partial charge in [-0.25, -0.2) is 0 Å². The van der Waals surface area contributed by atoms with Crippen LogP contribution in [0.2, 0.25) is 0 Å². The first-order valence-corrected chi connectivity index (χ1v) is 14.3. The summed E-state index contributed by atoms with van der Waals surface area (Å²) in [6, 6.07) is 6.57. The van der Waals surface area contributed by atoms with Crippen molar-refractivity contribution in [1.29, 1.82) is 0 Å². The van der Waals surface area contributed by atoms with Gasteiger partial charge in [-0.2, -0.15) is 0 Å². The number of aromatic nitrogens is 1. The third-order valence-electron chi connectivity index (χ3n) is 8.56. The molecule has 1 saturated carbocycles. The Balaban J connectivity index is 1.58. The summed E-state index contributed by atoms with van der Waals surface area (Å²) >= 11 is 3.88. The summed E-state index contributed by atoms with van der Waals surface area (Å²) in [5, 5.41) is 1.19. The minimum absolute atomic E-state index is 0.0969. The summed E-state index contributed by atoms with van der Waals surface area (Å²) in [5.41, 5.74) is 4.67. The zero-order valence-electron chi connectivity index (χ0n) is 21.4. The van der Waals surface area contributed by atoms with Crippen molar-refractivity contribution in [3.05, 3.63) is 40.0 Å². The molecule has 3 aliphatic rings. The lowest BCUT2D eigenvalue weighted by Gasteiger charge is -2.40. The number of benzene rings is 1. The van der Waals surface area contributed by atoms with E-state index in [0.717, 1.165) is 61.9 Å². The first-order chi connectivity index (χ1) is 17.0. The van der Waals surface area contributed by atoms with E-state index in [1.807, 2.05) is 23.3 Å². The molecule has 2 aliphatic carbocycles. The molecule has 0 unspecified atom stereocenters. The van der Waals surface area contributed by atoms with Gasteiger partial charge in [-0.15, -0.1) is 0 Å². The molecule has 1 aromatic heterocycles. The van der Waals surface area contributed by atoms with Gasteiger partial charge in [-0.3, -0.25) is 19.1 Å². The van der Waals surface area contributed by atoms with Crippen LogP contribution in [0.1, 0.15) is 74.7 Å². The third-order valence-corrected chi connectivity index (χ3v) is 9.40. The summed E-state index contributed by atoms with van der Waals surface area (Å²) in [5.74, 6) is 0.419. The normalized spacial score (nSPS) is 23.4. The van der Waals surface area contributed by atoms with Gasteiger partial charge in [0.2, 0.25) is 11.8 Å². The summed E-state index contributed by atoms with van der Waals surface area (Å²) in [7, 11) is 2.13. The number of carbonyl (C=O) groups excluding carboxylic acids is 2. The molecule has 1 fully saturated rings. The molecule has 6 heteroatoms. The van der Waals surface area contributed by atoms with Gasteiger partial charge in [-0.1, -0.05) is 50.3 Å². The predicted molar refractivity (Wildman–Crippen MR) is 146 cm³/mol. The van der Waals surface area contributed by atoms with Crippen LogP contribution in [0, 0.1) is 11.8 Å². The molecule has 2 heterocycles. The molecule has 0 saturated heterocycles. The van der Waals surface area contributed by atoms with E-state index in [0.29, 0.717) is 0 Å². The smallest absolute Gasteiger partial charge is 0.235 e. The second kappa shape index (κ2) is 10.2. The van der Waals surface area contributed by atoms with Crippen molar-refractivity contribution in [2.45, 2.75) is 71.3 Å². The van der Waals surface area contributed by atoms with Gasteiger partial charge in [-0.05, 0) is 78.9 Å². The second-order valence-corrected chi connectivity index (χ2v) is 11.3. The number of hydrogen-bond donors (Lipinski definition) is 0. The molecule has 0 radical (unpaired) electrons. The molecule has 2 aromatic rings. The molecule has 0 bridgehead atoms.